The number of hydrogen-bond donors (Lipinski definition) is 2. The highest BCUT2D eigenvalue weighted by Crippen LogP contribution is 2.33. The highest BCUT2D eigenvalue weighted by molar-refractivity contribution is 6.04. The number of benzene rings is 1. The molecule has 2 aromatic heterocycles. The molecule has 1 saturated heterocycles. The van der Waals surface area contributed by atoms with Crippen LogP contribution in [-0.2, 0) is 12.5 Å². The number of nitrogens with zero attached hydrogens (tertiary/aromatic N) is 4. The van der Waals surface area contributed by atoms with Crippen LogP contribution < -0.4 is 16.0 Å². The van der Waals surface area contributed by atoms with Crippen molar-refractivity contribution < 1.29 is 9.59 Å². The molecule has 0 spiro atoms. The summed E-state index contributed by atoms with van der Waals surface area (Å²) in [5, 5.41) is 7.41. The molecule has 1 aliphatic rings. The number of carbonyl (C=O) groups is 2. The third-order valence-corrected chi connectivity index (χ3v) is 6.43. The van der Waals surface area contributed by atoms with Crippen molar-refractivity contribution >= 4 is 23.3 Å². The van der Waals surface area contributed by atoms with Gasteiger partial charge in [0.1, 0.15) is 0 Å². The third-order valence-electron chi connectivity index (χ3n) is 6.43. The van der Waals surface area contributed by atoms with E-state index in [1.54, 1.807) is 12.3 Å². The molecule has 0 saturated carbocycles. The molecular weight excluding hydrogens is 428 g/mol. The molecule has 0 radical (unpaired) electrons. The lowest BCUT2D eigenvalue weighted by atomic mass is 9.92. The summed E-state index contributed by atoms with van der Waals surface area (Å²) in [7, 11) is 1.89. The van der Waals surface area contributed by atoms with Crippen LogP contribution in [0.1, 0.15) is 70.6 Å². The molecule has 1 fully saturated rings. The van der Waals surface area contributed by atoms with Gasteiger partial charge >= 0.3 is 0 Å². The number of carbonyl (C=O) groups excluding carboxylic acids is 2. The van der Waals surface area contributed by atoms with Crippen LogP contribution in [0.4, 0.5) is 11.5 Å². The van der Waals surface area contributed by atoms with Crippen LogP contribution in [0.2, 0.25) is 0 Å². The topological polar surface area (TPSA) is 106 Å². The van der Waals surface area contributed by atoms with Crippen molar-refractivity contribution in [2.45, 2.75) is 45.4 Å². The summed E-state index contributed by atoms with van der Waals surface area (Å²) >= 11 is 0. The fourth-order valence-corrected chi connectivity index (χ4v) is 4.62. The van der Waals surface area contributed by atoms with Crippen LogP contribution in [0, 0.1) is 6.92 Å². The molecule has 3 aromatic rings. The lowest BCUT2D eigenvalue weighted by Gasteiger charge is -2.20. The first-order chi connectivity index (χ1) is 16.0. The van der Waals surface area contributed by atoms with Gasteiger partial charge in [-0.25, -0.2) is 0 Å². The second-order valence-corrected chi connectivity index (χ2v) is 10.0. The fourth-order valence-electron chi connectivity index (χ4n) is 4.62. The summed E-state index contributed by atoms with van der Waals surface area (Å²) in [5.74, 6) is 0.163. The number of rotatable bonds is 5. The Morgan fingerprint density at radius 1 is 1.12 bits per heavy atom. The molecule has 0 aliphatic carbocycles. The number of amides is 2. The molecule has 3 N–H and O–H groups in total. The van der Waals surface area contributed by atoms with Gasteiger partial charge in [0.15, 0.2) is 5.82 Å². The van der Waals surface area contributed by atoms with Gasteiger partial charge in [0, 0.05) is 55.0 Å². The van der Waals surface area contributed by atoms with E-state index in [1.807, 2.05) is 36.0 Å². The van der Waals surface area contributed by atoms with Crippen molar-refractivity contribution in [2.75, 3.05) is 23.3 Å². The minimum absolute atomic E-state index is 0.0669. The first kappa shape index (κ1) is 23.5. The monoisotopic (exact) mass is 460 g/mol. The van der Waals surface area contributed by atoms with Crippen molar-refractivity contribution in [2.24, 2.45) is 12.8 Å². The minimum atomic E-state index is -0.484. The first-order valence-electron chi connectivity index (χ1n) is 11.5. The number of primary amides is 1. The SMILES string of the molecule is Cc1ccc(C(=O)Nc2cc(C(C)(C)C)n(C)n2)cc1C1CCN(c2cncc(C(N)=O)c2)C1. The van der Waals surface area contributed by atoms with Crippen LogP contribution in [-0.4, -0.2) is 39.7 Å². The van der Waals surface area contributed by atoms with E-state index < -0.39 is 5.91 Å². The largest absolute Gasteiger partial charge is 0.370 e. The van der Waals surface area contributed by atoms with E-state index in [0.717, 1.165) is 42.0 Å². The average Bonchev–Trinajstić information content (AvgIpc) is 3.41. The third kappa shape index (κ3) is 4.81. The zero-order valence-corrected chi connectivity index (χ0v) is 20.4. The van der Waals surface area contributed by atoms with Crippen molar-refractivity contribution in [1.29, 1.82) is 0 Å². The molecule has 8 heteroatoms. The summed E-state index contributed by atoms with van der Waals surface area (Å²) in [6.45, 7) is 10.1. The average molecular weight is 461 g/mol. The summed E-state index contributed by atoms with van der Waals surface area (Å²) in [6, 6.07) is 9.56. The van der Waals surface area contributed by atoms with Gasteiger partial charge in [-0.05, 0) is 42.7 Å². The van der Waals surface area contributed by atoms with E-state index in [1.165, 1.54) is 6.20 Å². The van der Waals surface area contributed by atoms with E-state index in [4.69, 9.17) is 5.73 Å². The molecule has 8 nitrogen and oxygen atoms in total. The minimum Gasteiger partial charge on any atom is -0.370 e. The Bertz CT molecular complexity index is 1240. The predicted molar refractivity (Wildman–Crippen MR) is 133 cm³/mol. The van der Waals surface area contributed by atoms with Gasteiger partial charge in [0.25, 0.3) is 5.91 Å². The fraction of sp³-hybridized carbons (Fsp3) is 0.385. The van der Waals surface area contributed by atoms with E-state index in [-0.39, 0.29) is 17.2 Å². The summed E-state index contributed by atoms with van der Waals surface area (Å²) in [4.78, 5) is 30.9. The zero-order valence-electron chi connectivity index (χ0n) is 20.4. The molecule has 4 rings (SSSR count). The Morgan fingerprint density at radius 2 is 1.88 bits per heavy atom. The number of hydrogen-bond acceptors (Lipinski definition) is 5. The molecule has 2 amide bonds. The molecule has 3 heterocycles. The Labute approximate surface area is 200 Å². The lowest BCUT2D eigenvalue weighted by molar-refractivity contribution is 0.0997. The van der Waals surface area contributed by atoms with Crippen molar-refractivity contribution in [3.05, 3.63) is 70.7 Å². The van der Waals surface area contributed by atoms with Gasteiger partial charge in [-0.15, -0.1) is 0 Å². The Balaban J connectivity index is 1.51. The van der Waals surface area contributed by atoms with E-state index in [9.17, 15) is 9.59 Å². The maximum absolute atomic E-state index is 13.0. The normalized spacial score (nSPS) is 16.0. The number of aromatic nitrogens is 3. The van der Waals surface area contributed by atoms with Gasteiger partial charge < -0.3 is 16.0 Å². The van der Waals surface area contributed by atoms with E-state index in [2.05, 4.69) is 48.0 Å². The predicted octanol–water partition coefficient (Wildman–Crippen LogP) is 3.77. The van der Waals surface area contributed by atoms with Gasteiger partial charge in [0.05, 0.1) is 17.4 Å². The Kier molecular flexibility index (Phi) is 6.17. The van der Waals surface area contributed by atoms with E-state index >= 15 is 0 Å². The maximum atomic E-state index is 13.0. The second-order valence-electron chi connectivity index (χ2n) is 10.0. The number of nitrogens with one attached hydrogen (secondary N) is 1. The molecule has 1 unspecified atom stereocenters. The van der Waals surface area contributed by atoms with Crippen LogP contribution in [0.5, 0.6) is 0 Å². The van der Waals surface area contributed by atoms with Crippen molar-refractivity contribution in [1.82, 2.24) is 14.8 Å². The number of pyridine rings is 1. The quantitative estimate of drug-likeness (QED) is 0.603. The molecule has 34 heavy (non-hydrogen) atoms. The first-order valence-corrected chi connectivity index (χ1v) is 11.5. The highest BCUT2D eigenvalue weighted by Gasteiger charge is 2.27. The van der Waals surface area contributed by atoms with Crippen molar-refractivity contribution in [3.8, 4) is 0 Å². The Hall–Kier alpha value is -3.68. The van der Waals surface area contributed by atoms with Crippen LogP contribution in [0.3, 0.4) is 0 Å². The highest BCUT2D eigenvalue weighted by atomic mass is 16.2. The molecule has 1 aliphatic heterocycles. The zero-order chi connectivity index (χ0) is 24.6. The van der Waals surface area contributed by atoms with Crippen LogP contribution in [0.25, 0.3) is 0 Å². The molecular formula is C26H32N6O2. The number of anilines is 2. The summed E-state index contributed by atoms with van der Waals surface area (Å²) in [6.07, 6.45) is 4.18. The molecule has 178 valence electrons. The van der Waals surface area contributed by atoms with Crippen LogP contribution >= 0.6 is 0 Å². The van der Waals surface area contributed by atoms with Crippen LogP contribution in [0.15, 0.2) is 42.7 Å². The molecule has 1 atom stereocenters. The lowest BCUT2D eigenvalue weighted by Crippen LogP contribution is -2.21. The smallest absolute Gasteiger partial charge is 0.256 e. The van der Waals surface area contributed by atoms with Gasteiger partial charge in [0.2, 0.25) is 5.91 Å². The molecule has 0 bridgehead atoms. The molecule has 1 aromatic carbocycles. The maximum Gasteiger partial charge on any atom is 0.256 e. The Morgan fingerprint density at radius 3 is 2.56 bits per heavy atom. The van der Waals surface area contributed by atoms with E-state index in [0.29, 0.717) is 16.9 Å². The summed E-state index contributed by atoms with van der Waals surface area (Å²) in [5.41, 5.74) is 10.6. The second kappa shape index (κ2) is 8.93. The van der Waals surface area contributed by atoms with Gasteiger partial charge in [-0.1, -0.05) is 26.8 Å². The number of aryl methyl sites for hydroxylation is 2. The standard InChI is InChI=1S/C26H32N6O2/c1-16-6-7-17(25(34)29-23-12-22(26(2,3)4)31(5)30-23)11-21(16)18-8-9-32(15-18)20-10-19(24(27)33)13-28-14-20/h6-7,10-14,18H,8-9,15H2,1-5H3,(H2,27,33)(H,29,30,34). The van der Waals surface area contributed by atoms with Crippen molar-refractivity contribution in [3.63, 3.8) is 0 Å². The summed E-state index contributed by atoms with van der Waals surface area (Å²) < 4.78 is 1.81. The van der Waals surface area contributed by atoms with Gasteiger partial charge in [-0.3, -0.25) is 19.3 Å². The van der Waals surface area contributed by atoms with Gasteiger partial charge in [-0.2, -0.15) is 5.10 Å². The number of nitrogens with two attached hydrogens (primary N) is 1.